The summed E-state index contributed by atoms with van der Waals surface area (Å²) in [5.74, 6) is 1.78. The molecule has 6 rings (SSSR count). The molecule has 0 saturated heterocycles. The van der Waals surface area contributed by atoms with Crippen molar-refractivity contribution < 1.29 is 0 Å². The summed E-state index contributed by atoms with van der Waals surface area (Å²) in [6, 6.07) is 0.0570. The van der Waals surface area contributed by atoms with Crippen molar-refractivity contribution in [2.24, 2.45) is 5.92 Å². The molecule has 2 aliphatic carbocycles. The van der Waals surface area contributed by atoms with Gasteiger partial charge in [0.2, 0.25) is 0 Å². The Kier molecular flexibility index (Phi) is 6.13. The van der Waals surface area contributed by atoms with Crippen LogP contribution in [0.1, 0.15) is 79.2 Å². The predicted octanol–water partition coefficient (Wildman–Crippen LogP) is 6.02. The van der Waals surface area contributed by atoms with Crippen LogP contribution >= 0.6 is 34.4 Å². The van der Waals surface area contributed by atoms with Crippen LogP contribution in [0.15, 0.2) is 14.7 Å². The minimum absolute atomic E-state index is 0.0358. The van der Waals surface area contributed by atoms with Gasteiger partial charge in [-0.3, -0.25) is 14.2 Å². The summed E-state index contributed by atoms with van der Waals surface area (Å²) in [6.07, 6.45) is 8.35. The molecule has 0 aromatic carbocycles. The minimum atomic E-state index is -0.0358. The normalized spacial score (nSPS) is 18.7. The average molecular weight is 527 g/mol. The summed E-state index contributed by atoms with van der Waals surface area (Å²) >= 11 is 4.86. The molecule has 0 radical (unpaired) electrons. The third-order valence-corrected chi connectivity index (χ3v) is 10.9. The Balaban J connectivity index is 1.38. The van der Waals surface area contributed by atoms with Crippen LogP contribution in [0.3, 0.4) is 0 Å². The van der Waals surface area contributed by atoms with E-state index in [1.807, 2.05) is 4.57 Å². The van der Waals surface area contributed by atoms with Crippen LogP contribution in [-0.4, -0.2) is 19.5 Å². The Bertz CT molecular complexity index is 1560. The molecule has 184 valence electrons. The third-order valence-electron chi connectivity index (χ3n) is 7.57. The summed E-state index contributed by atoms with van der Waals surface area (Å²) in [5.41, 5.74) is 2.49. The molecule has 2 unspecified atom stereocenters. The minimum Gasteiger partial charge on any atom is -0.309 e. The quantitative estimate of drug-likeness (QED) is 0.254. The average Bonchev–Trinajstić information content (AvgIpc) is 3.40. The molecule has 4 aromatic heterocycles. The lowest BCUT2D eigenvalue weighted by Crippen LogP contribution is -2.26. The van der Waals surface area contributed by atoms with Crippen molar-refractivity contribution in [1.82, 2.24) is 19.5 Å². The number of thioether (sulfide) groups is 1. The van der Waals surface area contributed by atoms with Crippen LogP contribution in [0.5, 0.6) is 0 Å². The monoisotopic (exact) mass is 526 g/mol. The van der Waals surface area contributed by atoms with Crippen molar-refractivity contribution in [3.05, 3.63) is 47.4 Å². The summed E-state index contributed by atoms with van der Waals surface area (Å²) in [4.78, 5) is 44.0. The largest absolute Gasteiger partial charge is 0.309 e. The first kappa shape index (κ1) is 23.4. The molecule has 35 heavy (non-hydrogen) atoms. The molecule has 9 heteroatoms. The number of aromatic amines is 1. The van der Waals surface area contributed by atoms with Gasteiger partial charge in [0.25, 0.3) is 11.1 Å². The van der Waals surface area contributed by atoms with E-state index in [-0.39, 0.29) is 17.2 Å². The second-order valence-electron chi connectivity index (χ2n) is 10.1. The molecular weight excluding hydrogens is 497 g/mol. The maximum absolute atomic E-state index is 13.7. The Morgan fingerprint density at radius 1 is 1.06 bits per heavy atom. The van der Waals surface area contributed by atoms with Crippen molar-refractivity contribution >= 4 is 54.9 Å². The number of fused-ring (bicyclic) bond motifs is 6. The highest BCUT2D eigenvalue weighted by molar-refractivity contribution is 7.98. The second kappa shape index (κ2) is 9.16. The number of nitrogens with one attached hydrogen (secondary N) is 1. The Hall–Kier alpha value is -1.97. The van der Waals surface area contributed by atoms with Gasteiger partial charge in [-0.1, -0.05) is 25.6 Å². The standard InChI is InChI=1S/C26H30N4O2S3/c1-4-14(3)30-25(32)21-15-7-5-6-8-17(15)34-24(21)29-26(30)33-12-19-27-22(31)20-16-10-9-13(2)11-18(16)35-23(20)28-19/h13-14H,4-12H2,1-3H3,(H,27,28,31). The Morgan fingerprint density at radius 3 is 2.63 bits per heavy atom. The number of thiophene rings is 2. The molecule has 4 aromatic rings. The number of nitrogens with zero attached hydrogens (tertiary/aromatic N) is 3. The number of hydrogen-bond donors (Lipinski definition) is 1. The zero-order chi connectivity index (χ0) is 24.3. The molecule has 2 atom stereocenters. The van der Waals surface area contributed by atoms with Gasteiger partial charge in [-0.15, -0.1) is 22.7 Å². The van der Waals surface area contributed by atoms with Crippen molar-refractivity contribution in [3.8, 4) is 0 Å². The lowest BCUT2D eigenvalue weighted by Gasteiger charge is -2.18. The predicted molar refractivity (Wildman–Crippen MR) is 147 cm³/mol. The first-order chi connectivity index (χ1) is 16.9. The first-order valence-electron chi connectivity index (χ1n) is 12.7. The molecular formula is C26H30N4O2S3. The van der Waals surface area contributed by atoms with Gasteiger partial charge in [0.1, 0.15) is 15.5 Å². The van der Waals surface area contributed by atoms with E-state index in [9.17, 15) is 9.59 Å². The van der Waals surface area contributed by atoms with Gasteiger partial charge in [-0.2, -0.15) is 0 Å². The molecule has 0 saturated carbocycles. The van der Waals surface area contributed by atoms with Crippen LogP contribution in [0, 0.1) is 5.92 Å². The van der Waals surface area contributed by atoms with Crippen LogP contribution in [0.4, 0.5) is 0 Å². The fourth-order valence-corrected chi connectivity index (χ4v) is 9.14. The topological polar surface area (TPSA) is 80.6 Å². The van der Waals surface area contributed by atoms with Gasteiger partial charge >= 0.3 is 0 Å². The van der Waals surface area contributed by atoms with Gasteiger partial charge < -0.3 is 4.98 Å². The molecule has 0 fully saturated rings. The number of rotatable bonds is 5. The SMILES string of the molecule is CCC(C)n1c(SCc2nc3sc4c(c3c(=O)[nH]2)CCC(C)C4)nc2sc3c(c2c1=O)CCCC3. The number of aryl methyl sites for hydroxylation is 3. The molecule has 0 spiro atoms. The summed E-state index contributed by atoms with van der Waals surface area (Å²) in [6.45, 7) is 6.46. The van der Waals surface area contributed by atoms with Gasteiger partial charge in [0, 0.05) is 15.8 Å². The van der Waals surface area contributed by atoms with Crippen LogP contribution in [0.25, 0.3) is 20.4 Å². The van der Waals surface area contributed by atoms with Gasteiger partial charge in [0.15, 0.2) is 5.16 Å². The zero-order valence-corrected chi connectivity index (χ0v) is 22.9. The highest BCUT2D eigenvalue weighted by Crippen LogP contribution is 2.37. The molecule has 1 N–H and O–H groups in total. The van der Waals surface area contributed by atoms with E-state index in [4.69, 9.17) is 9.97 Å². The lowest BCUT2D eigenvalue weighted by atomic mass is 9.89. The smallest absolute Gasteiger partial charge is 0.263 e. The van der Waals surface area contributed by atoms with E-state index < -0.39 is 0 Å². The molecule has 6 nitrogen and oxygen atoms in total. The van der Waals surface area contributed by atoms with Crippen molar-refractivity contribution in [2.75, 3.05) is 0 Å². The second-order valence-corrected chi connectivity index (χ2v) is 13.2. The first-order valence-corrected chi connectivity index (χ1v) is 15.3. The summed E-state index contributed by atoms with van der Waals surface area (Å²) in [5, 5.41) is 2.34. The summed E-state index contributed by atoms with van der Waals surface area (Å²) in [7, 11) is 0. The van der Waals surface area contributed by atoms with E-state index in [0.29, 0.717) is 17.5 Å². The van der Waals surface area contributed by atoms with E-state index in [2.05, 4.69) is 25.8 Å². The third kappa shape index (κ3) is 4.00. The van der Waals surface area contributed by atoms with Crippen LogP contribution in [0.2, 0.25) is 0 Å². The van der Waals surface area contributed by atoms with E-state index in [1.54, 1.807) is 22.7 Å². The lowest BCUT2D eigenvalue weighted by molar-refractivity contribution is 0.468. The van der Waals surface area contributed by atoms with Crippen molar-refractivity contribution in [2.45, 2.75) is 89.1 Å². The summed E-state index contributed by atoms with van der Waals surface area (Å²) < 4.78 is 1.87. The van der Waals surface area contributed by atoms with Crippen molar-refractivity contribution in [1.29, 1.82) is 0 Å². The molecule has 0 amide bonds. The fraction of sp³-hybridized carbons (Fsp3) is 0.538. The number of hydrogen-bond acceptors (Lipinski definition) is 7. The van der Waals surface area contributed by atoms with E-state index >= 15 is 0 Å². The maximum atomic E-state index is 13.7. The fourth-order valence-electron chi connectivity index (χ4n) is 5.47. The van der Waals surface area contributed by atoms with Gasteiger partial charge in [-0.05, 0) is 75.3 Å². The highest BCUT2D eigenvalue weighted by atomic mass is 32.2. The molecule has 2 aliphatic rings. The number of H-pyrrole nitrogens is 1. The van der Waals surface area contributed by atoms with Crippen molar-refractivity contribution in [3.63, 3.8) is 0 Å². The molecule has 0 aliphatic heterocycles. The van der Waals surface area contributed by atoms with E-state index in [0.717, 1.165) is 70.5 Å². The Labute approximate surface area is 216 Å². The van der Waals surface area contributed by atoms with Crippen LogP contribution < -0.4 is 11.1 Å². The van der Waals surface area contributed by atoms with E-state index in [1.165, 1.54) is 39.1 Å². The molecule has 4 heterocycles. The highest BCUT2D eigenvalue weighted by Gasteiger charge is 2.25. The number of aromatic nitrogens is 4. The zero-order valence-electron chi connectivity index (χ0n) is 20.4. The van der Waals surface area contributed by atoms with Gasteiger partial charge in [-0.25, -0.2) is 9.97 Å². The van der Waals surface area contributed by atoms with Gasteiger partial charge in [0.05, 0.1) is 16.5 Å². The maximum Gasteiger partial charge on any atom is 0.263 e. The Morgan fingerprint density at radius 2 is 1.80 bits per heavy atom. The van der Waals surface area contributed by atoms with Crippen LogP contribution in [-0.2, 0) is 31.4 Å². The molecule has 0 bridgehead atoms.